The fraction of sp³-hybridized carbons (Fsp3) is 0.400. The van der Waals surface area contributed by atoms with Crippen molar-refractivity contribution in [3.63, 3.8) is 0 Å². The van der Waals surface area contributed by atoms with Gasteiger partial charge in [0.1, 0.15) is 26.7 Å². The van der Waals surface area contributed by atoms with Gasteiger partial charge in [0, 0.05) is 0 Å². The van der Waals surface area contributed by atoms with E-state index in [1.165, 1.54) is 32.0 Å². The lowest BCUT2D eigenvalue weighted by Crippen LogP contribution is -2.14. The third-order valence-corrected chi connectivity index (χ3v) is 7.46. The monoisotopic (exact) mass is 383 g/mol. The van der Waals surface area contributed by atoms with Gasteiger partial charge in [0.2, 0.25) is 5.13 Å². The van der Waals surface area contributed by atoms with Crippen molar-refractivity contribution in [3.8, 4) is 11.5 Å². The molecule has 1 saturated heterocycles. The molecule has 0 atom stereocenters. The average Bonchev–Trinajstić information content (AvgIpc) is 3.10. The molecular formula is C15H17N3O3S3. The van der Waals surface area contributed by atoms with Crippen LogP contribution in [0.25, 0.3) is 0 Å². The van der Waals surface area contributed by atoms with E-state index in [2.05, 4.69) is 15.5 Å². The van der Waals surface area contributed by atoms with Gasteiger partial charge in [-0.15, -0.1) is 33.7 Å². The molecule has 6 nitrogen and oxygen atoms in total. The second-order valence-electron chi connectivity index (χ2n) is 4.86. The molecule has 1 aliphatic rings. The van der Waals surface area contributed by atoms with E-state index in [0.29, 0.717) is 26.8 Å². The first kappa shape index (κ1) is 17.4. The smallest absolute Gasteiger partial charge is 0.265 e. The average molecular weight is 384 g/mol. The van der Waals surface area contributed by atoms with Crippen LogP contribution in [-0.4, -0.2) is 41.8 Å². The lowest BCUT2D eigenvalue weighted by molar-refractivity contribution is 0.102. The van der Waals surface area contributed by atoms with Crippen LogP contribution in [0.1, 0.15) is 26.4 Å². The predicted molar refractivity (Wildman–Crippen MR) is 99.7 cm³/mol. The van der Waals surface area contributed by atoms with Gasteiger partial charge in [-0.05, 0) is 30.1 Å². The zero-order valence-electron chi connectivity index (χ0n) is 13.3. The first-order chi connectivity index (χ1) is 11.7. The number of thioether (sulfide) groups is 2. The fourth-order valence-electron chi connectivity index (χ4n) is 2.25. The maximum atomic E-state index is 12.6. The number of hydrogen-bond acceptors (Lipinski definition) is 8. The molecule has 1 fully saturated rings. The number of carbonyl (C=O) groups is 1. The molecule has 0 aliphatic carbocycles. The van der Waals surface area contributed by atoms with Crippen LogP contribution in [0.2, 0.25) is 0 Å². The normalized spacial score (nSPS) is 15.1. The fourth-order valence-corrected chi connectivity index (χ4v) is 6.12. The number of hydrogen-bond donors (Lipinski definition) is 1. The summed E-state index contributed by atoms with van der Waals surface area (Å²) in [6, 6.07) is 5.21. The molecule has 1 aromatic heterocycles. The van der Waals surface area contributed by atoms with Crippen LogP contribution in [0.15, 0.2) is 18.2 Å². The van der Waals surface area contributed by atoms with Crippen LogP contribution in [0.5, 0.6) is 11.5 Å². The molecule has 2 heterocycles. The molecule has 24 heavy (non-hydrogen) atoms. The molecule has 1 aromatic carbocycles. The van der Waals surface area contributed by atoms with Gasteiger partial charge in [-0.3, -0.25) is 10.1 Å². The highest BCUT2D eigenvalue weighted by Crippen LogP contribution is 2.45. The summed E-state index contributed by atoms with van der Waals surface area (Å²) in [7, 11) is 3.04. The Labute approximate surface area is 152 Å². The molecular weight excluding hydrogens is 366 g/mol. The van der Waals surface area contributed by atoms with Crippen molar-refractivity contribution in [2.45, 2.75) is 11.0 Å². The molecule has 1 aliphatic heterocycles. The Hall–Kier alpha value is -1.45. The van der Waals surface area contributed by atoms with E-state index in [4.69, 9.17) is 9.47 Å². The maximum absolute atomic E-state index is 12.6. The first-order valence-electron chi connectivity index (χ1n) is 7.32. The van der Waals surface area contributed by atoms with Crippen molar-refractivity contribution in [1.82, 2.24) is 10.2 Å². The summed E-state index contributed by atoms with van der Waals surface area (Å²) in [6.07, 6.45) is 1.22. The van der Waals surface area contributed by atoms with Gasteiger partial charge in [-0.25, -0.2) is 0 Å². The third-order valence-electron chi connectivity index (χ3n) is 3.34. The van der Waals surface area contributed by atoms with E-state index < -0.39 is 0 Å². The summed E-state index contributed by atoms with van der Waals surface area (Å²) >= 11 is 5.16. The Balaban J connectivity index is 1.77. The quantitative estimate of drug-likeness (QED) is 0.844. The third kappa shape index (κ3) is 3.79. The SMILES string of the molecule is COc1cccc(OC)c1C(=O)Nc1nnc(C2SCCCS2)s1. The Morgan fingerprint density at radius 1 is 1.17 bits per heavy atom. The van der Waals surface area contributed by atoms with Gasteiger partial charge in [-0.2, -0.15) is 0 Å². The summed E-state index contributed by atoms with van der Waals surface area (Å²) < 4.78 is 10.8. The van der Waals surface area contributed by atoms with Gasteiger partial charge < -0.3 is 9.47 Å². The number of nitrogens with one attached hydrogen (secondary N) is 1. The van der Waals surface area contributed by atoms with Crippen molar-refractivity contribution < 1.29 is 14.3 Å². The van der Waals surface area contributed by atoms with Crippen molar-refractivity contribution in [3.05, 3.63) is 28.8 Å². The highest BCUT2D eigenvalue weighted by atomic mass is 32.2. The second kappa shape index (κ2) is 8.09. The molecule has 0 unspecified atom stereocenters. The van der Waals surface area contributed by atoms with Crippen LogP contribution < -0.4 is 14.8 Å². The minimum atomic E-state index is -0.323. The molecule has 128 valence electrons. The number of anilines is 1. The second-order valence-corrected chi connectivity index (χ2v) is 8.60. The molecule has 0 saturated carbocycles. The van der Waals surface area contributed by atoms with Gasteiger partial charge in [0.25, 0.3) is 5.91 Å². The highest BCUT2D eigenvalue weighted by Gasteiger charge is 2.23. The van der Waals surface area contributed by atoms with E-state index in [0.717, 1.165) is 16.5 Å². The molecule has 0 spiro atoms. The number of carbonyl (C=O) groups excluding carboxylic acids is 1. The Morgan fingerprint density at radius 2 is 1.83 bits per heavy atom. The van der Waals surface area contributed by atoms with Crippen LogP contribution >= 0.6 is 34.9 Å². The topological polar surface area (TPSA) is 73.3 Å². The van der Waals surface area contributed by atoms with Crippen LogP contribution in [-0.2, 0) is 0 Å². The first-order valence-corrected chi connectivity index (χ1v) is 10.2. The van der Waals surface area contributed by atoms with E-state index in [1.807, 2.05) is 23.5 Å². The summed E-state index contributed by atoms with van der Waals surface area (Å²) in [5.74, 6) is 2.86. The number of rotatable bonds is 5. The number of amides is 1. The Bertz CT molecular complexity index is 695. The number of ether oxygens (including phenoxy) is 2. The van der Waals surface area contributed by atoms with Crippen molar-refractivity contribution >= 4 is 45.9 Å². The zero-order chi connectivity index (χ0) is 16.9. The molecule has 1 amide bonds. The molecule has 0 radical (unpaired) electrons. The summed E-state index contributed by atoms with van der Waals surface area (Å²) in [5.41, 5.74) is 0.348. The van der Waals surface area contributed by atoms with Gasteiger partial charge >= 0.3 is 0 Å². The Morgan fingerprint density at radius 3 is 2.46 bits per heavy atom. The standard InChI is InChI=1S/C15H17N3O3S3/c1-20-9-5-3-6-10(21-2)11(9)12(19)16-15-18-17-13(24-15)14-22-7-4-8-23-14/h3,5-6,14H,4,7-8H2,1-2H3,(H,16,18,19). The van der Waals surface area contributed by atoms with Gasteiger partial charge in [0.15, 0.2) is 0 Å². The molecule has 1 N–H and O–H groups in total. The number of aromatic nitrogens is 2. The zero-order valence-corrected chi connectivity index (χ0v) is 15.7. The van der Waals surface area contributed by atoms with E-state index in [1.54, 1.807) is 18.2 Å². The minimum Gasteiger partial charge on any atom is -0.496 e. The summed E-state index contributed by atoms with van der Waals surface area (Å²) in [6.45, 7) is 0. The summed E-state index contributed by atoms with van der Waals surface area (Å²) in [4.78, 5) is 12.6. The van der Waals surface area contributed by atoms with Gasteiger partial charge in [0.05, 0.1) is 14.2 Å². The van der Waals surface area contributed by atoms with Crippen LogP contribution in [0.4, 0.5) is 5.13 Å². The lowest BCUT2D eigenvalue weighted by Gasteiger charge is -2.17. The minimum absolute atomic E-state index is 0.308. The Kier molecular flexibility index (Phi) is 5.85. The summed E-state index contributed by atoms with van der Waals surface area (Å²) in [5, 5.41) is 12.5. The van der Waals surface area contributed by atoms with Crippen molar-refractivity contribution in [2.75, 3.05) is 31.0 Å². The van der Waals surface area contributed by atoms with Crippen LogP contribution in [0, 0.1) is 0 Å². The highest BCUT2D eigenvalue weighted by molar-refractivity contribution is 8.17. The number of methoxy groups -OCH3 is 2. The van der Waals surface area contributed by atoms with E-state index >= 15 is 0 Å². The lowest BCUT2D eigenvalue weighted by atomic mass is 10.1. The van der Waals surface area contributed by atoms with Crippen LogP contribution in [0.3, 0.4) is 0 Å². The predicted octanol–water partition coefficient (Wildman–Crippen LogP) is 3.68. The molecule has 0 bridgehead atoms. The molecule has 3 rings (SSSR count). The van der Waals surface area contributed by atoms with Crippen molar-refractivity contribution in [1.29, 1.82) is 0 Å². The largest absolute Gasteiger partial charge is 0.496 e. The van der Waals surface area contributed by atoms with E-state index in [-0.39, 0.29) is 5.91 Å². The molecule has 2 aromatic rings. The number of benzene rings is 1. The number of nitrogens with zero attached hydrogens (tertiary/aromatic N) is 2. The maximum Gasteiger partial charge on any atom is 0.265 e. The van der Waals surface area contributed by atoms with E-state index in [9.17, 15) is 4.79 Å². The molecule has 9 heteroatoms. The van der Waals surface area contributed by atoms with Gasteiger partial charge in [-0.1, -0.05) is 17.4 Å². The van der Waals surface area contributed by atoms with Crippen molar-refractivity contribution in [2.24, 2.45) is 0 Å².